The summed E-state index contributed by atoms with van der Waals surface area (Å²) in [7, 11) is 0. The lowest BCUT2D eigenvalue weighted by atomic mass is 10.1. The average Bonchev–Trinajstić information content (AvgIpc) is 3.13. The van der Waals surface area contributed by atoms with E-state index in [-0.39, 0.29) is 12.2 Å². The van der Waals surface area contributed by atoms with Gasteiger partial charge in [-0.05, 0) is 29.3 Å². The molecule has 4 aromatic rings. The Hall–Kier alpha value is -3.42. The second-order valence-electron chi connectivity index (χ2n) is 5.59. The van der Waals surface area contributed by atoms with Crippen molar-refractivity contribution in [2.45, 2.75) is 20.0 Å². The van der Waals surface area contributed by atoms with E-state index in [1.807, 2.05) is 30.3 Å². The van der Waals surface area contributed by atoms with Gasteiger partial charge in [0.15, 0.2) is 6.67 Å². The molecule has 0 atom stereocenters. The van der Waals surface area contributed by atoms with Crippen LogP contribution in [0.3, 0.4) is 0 Å². The normalized spacial score (nSPS) is 11.1. The van der Waals surface area contributed by atoms with Gasteiger partial charge in [-0.25, -0.2) is 0 Å². The maximum atomic E-state index is 12.5. The van der Waals surface area contributed by atoms with Crippen molar-refractivity contribution in [1.29, 1.82) is 0 Å². The fourth-order valence-electron chi connectivity index (χ4n) is 2.54. The minimum atomic E-state index is -0.239. The number of nitrogens with zero attached hydrogens (tertiary/aromatic N) is 7. The summed E-state index contributed by atoms with van der Waals surface area (Å²) in [5.41, 5.74) is 2.44. The van der Waals surface area contributed by atoms with Gasteiger partial charge in [-0.2, -0.15) is 4.68 Å². The topological polar surface area (TPSA) is 91.4 Å². The fourth-order valence-corrected chi connectivity index (χ4v) is 2.54. The molecule has 0 amide bonds. The summed E-state index contributed by atoms with van der Waals surface area (Å²) in [6.45, 7) is 2.16. The molecular weight excluding hydrogens is 318 g/mol. The van der Waals surface area contributed by atoms with Crippen molar-refractivity contribution in [3.63, 3.8) is 0 Å². The predicted molar refractivity (Wildman–Crippen MR) is 91.8 cm³/mol. The third kappa shape index (κ3) is 2.89. The summed E-state index contributed by atoms with van der Waals surface area (Å²) in [6, 6.07) is 15.1. The van der Waals surface area contributed by atoms with Gasteiger partial charge in [-0.3, -0.25) is 4.79 Å². The van der Waals surface area contributed by atoms with Gasteiger partial charge < -0.3 is 0 Å². The van der Waals surface area contributed by atoms with Gasteiger partial charge in [-0.1, -0.05) is 48.5 Å². The zero-order chi connectivity index (χ0) is 17.2. The van der Waals surface area contributed by atoms with Crippen molar-refractivity contribution in [3.05, 3.63) is 64.4 Å². The Labute approximate surface area is 142 Å². The van der Waals surface area contributed by atoms with Crippen LogP contribution in [0.5, 0.6) is 0 Å². The van der Waals surface area contributed by atoms with Gasteiger partial charge in [0.05, 0.1) is 5.39 Å². The van der Waals surface area contributed by atoms with Crippen molar-refractivity contribution in [2.24, 2.45) is 0 Å². The van der Waals surface area contributed by atoms with Crippen LogP contribution in [-0.2, 0) is 13.1 Å². The minimum Gasteiger partial charge on any atom is -0.267 e. The Balaban J connectivity index is 1.63. The molecule has 0 bridgehead atoms. The molecule has 0 saturated carbocycles. The molecular formula is C17H15N7O. The van der Waals surface area contributed by atoms with Crippen molar-refractivity contribution in [3.8, 4) is 11.4 Å². The number of hydrogen-bond donors (Lipinski definition) is 0. The quantitative estimate of drug-likeness (QED) is 0.562. The Morgan fingerprint density at radius 2 is 1.76 bits per heavy atom. The minimum absolute atomic E-state index is 0.0523. The first kappa shape index (κ1) is 15.1. The third-order valence-electron chi connectivity index (χ3n) is 3.96. The molecule has 2 aromatic heterocycles. The van der Waals surface area contributed by atoms with E-state index in [0.29, 0.717) is 16.7 Å². The number of fused-ring (bicyclic) bond motifs is 1. The number of tetrazole rings is 1. The van der Waals surface area contributed by atoms with Crippen LogP contribution in [0.1, 0.15) is 12.5 Å². The van der Waals surface area contributed by atoms with Crippen LogP contribution in [0.15, 0.2) is 53.3 Å². The second-order valence-corrected chi connectivity index (χ2v) is 5.59. The van der Waals surface area contributed by atoms with E-state index in [9.17, 15) is 4.79 Å². The monoisotopic (exact) mass is 333 g/mol. The highest BCUT2D eigenvalue weighted by Gasteiger charge is 2.09. The standard InChI is InChI=1S/C17H15N7O/c1-2-12-7-9-13(10-8-12)16-19-22-24(20-16)11-23-17(25)14-5-3-4-6-15(14)18-21-23/h3-10H,2,11H2,1H3. The lowest BCUT2D eigenvalue weighted by Crippen LogP contribution is -2.28. The van der Waals surface area contributed by atoms with E-state index in [0.717, 1.165) is 12.0 Å². The zero-order valence-corrected chi connectivity index (χ0v) is 13.6. The first-order chi connectivity index (χ1) is 12.2. The Morgan fingerprint density at radius 1 is 0.960 bits per heavy atom. The Morgan fingerprint density at radius 3 is 2.56 bits per heavy atom. The number of benzene rings is 2. The van der Waals surface area contributed by atoms with Gasteiger partial charge in [-0.15, -0.1) is 20.1 Å². The van der Waals surface area contributed by atoms with E-state index >= 15 is 0 Å². The average molecular weight is 333 g/mol. The molecule has 124 valence electrons. The van der Waals surface area contributed by atoms with E-state index < -0.39 is 0 Å². The summed E-state index contributed by atoms with van der Waals surface area (Å²) < 4.78 is 1.22. The lowest BCUT2D eigenvalue weighted by Gasteiger charge is -2.03. The van der Waals surface area contributed by atoms with Crippen LogP contribution in [0, 0.1) is 0 Å². The number of aryl methyl sites for hydroxylation is 1. The van der Waals surface area contributed by atoms with Crippen LogP contribution in [0.25, 0.3) is 22.3 Å². The molecule has 0 spiro atoms. The van der Waals surface area contributed by atoms with Crippen LogP contribution >= 0.6 is 0 Å². The van der Waals surface area contributed by atoms with Crippen molar-refractivity contribution < 1.29 is 0 Å². The SMILES string of the molecule is CCc1ccc(-c2nnn(Cn3nnc4ccccc4c3=O)n2)cc1. The van der Waals surface area contributed by atoms with E-state index in [1.165, 1.54) is 15.0 Å². The Kier molecular flexibility index (Phi) is 3.77. The molecule has 0 radical (unpaired) electrons. The van der Waals surface area contributed by atoms with Crippen LogP contribution < -0.4 is 5.56 Å². The summed E-state index contributed by atoms with van der Waals surface area (Å²) >= 11 is 0. The summed E-state index contributed by atoms with van der Waals surface area (Å²) in [5.74, 6) is 0.504. The first-order valence-electron chi connectivity index (χ1n) is 7.94. The van der Waals surface area contributed by atoms with Gasteiger partial charge in [0.2, 0.25) is 5.82 Å². The number of aromatic nitrogens is 7. The molecule has 0 saturated heterocycles. The van der Waals surface area contributed by atoms with Gasteiger partial charge in [0.1, 0.15) is 5.52 Å². The van der Waals surface area contributed by atoms with Crippen molar-refractivity contribution >= 4 is 10.9 Å². The zero-order valence-electron chi connectivity index (χ0n) is 13.6. The van der Waals surface area contributed by atoms with Crippen LogP contribution in [0.2, 0.25) is 0 Å². The van der Waals surface area contributed by atoms with Crippen molar-refractivity contribution in [1.82, 2.24) is 35.2 Å². The highest BCUT2D eigenvalue weighted by atomic mass is 16.1. The molecule has 2 aromatic carbocycles. The molecule has 8 heteroatoms. The highest BCUT2D eigenvalue weighted by molar-refractivity contribution is 5.76. The van der Waals surface area contributed by atoms with Crippen LogP contribution in [-0.4, -0.2) is 35.2 Å². The van der Waals surface area contributed by atoms with Crippen molar-refractivity contribution in [2.75, 3.05) is 0 Å². The highest BCUT2D eigenvalue weighted by Crippen LogP contribution is 2.14. The summed E-state index contributed by atoms with van der Waals surface area (Å²) in [5, 5.41) is 20.9. The molecule has 4 rings (SSSR count). The Bertz CT molecular complexity index is 1080. The molecule has 0 fully saturated rings. The molecule has 2 heterocycles. The third-order valence-corrected chi connectivity index (χ3v) is 3.96. The lowest BCUT2D eigenvalue weighted by molar-refractivity contribution is 0.418. The molecule has 0 aliphatic heterocycles. The smallest absolute Gasteiger partial charge is 0.267 e. The largest absolute Gasteiger partial charge is 0.279 e. The number of hydrogen-bond acceptors (Lipinski definition) is 6. The maximum Gasteiger partial charge on any atom is 0.279 e. The molecule has 0 N–H and O–H groups in total. The van der Waals surface area contributed by atoms with Gasteiger partial charge in [0, 0.05) is 5.56 Å². The van der Waals surface area contributed by atoms with Gasteiger partial charge >= 0.3 is 0 Å². The molecule has 0 unspecified atom stereocenters. The molecule has 0 aliphatic rings. The summed E-state index contributed by atoms with van der Waals surface area (Å²) in [6.07, 6.45) is 0.976. The molecule has 25 heavy (non-hydrogen) atoms. The first-order valence-corrected chi connectivity index (χ1v) is 7.94. The van der Waals surface area contributed by atoms with E-state index in [4.69, 9.17) is 0 Å². The molecule has 0 aliphatic carbocycles. The maximum absolute atomic E-state index is 12.5. The van der Waals surface area contributed by atoms with Crippen LogP contribution in [0.4, 0.5) is 0 Å². The summed E-state index contributed by atoms with van der Waals surface area (Å²) in [4.78, 5) is 13.8. The fraction of sp³-hybridized carbons (Fsp3) is 0.176. The number of rotatable bonds is 4. The van der Waals surface area contributed by atoms with Gasteiger partial charge in [0.25, 0.3) is 5.56 Å². The second kappa shape index (κ2) is 6.23. The van der Waals surface area contributed by atoms with E-state index in [2.05, 4.69) is 32.6 Å². The predicted octanol–water partition coefficient (Wildman–Crippen LogP) is 1.51. The molecule has 8 nitrogen and oxygen atoms in total. The van der Waals surface area contributed by atoms with E-state index in [1.54, 1.807) is 18.2 Å².